The van der Waals surface area contributed by atoms with Gasteiger partial charge in [-0.05, 0) is 37.0 Å². The zero-order valence-electron chi connectivity index (χ0n) is 15.6. The van der Waals surface area contributed by atoms with Crippen molar-refractivity contribution in [3.63, 3.8) is 0 Å². The highest BCUT2D eigenvalue weighted by molar-refractivity contribution is 7.89. The third-order valence-corrected chi connectivity index (χ3v) is 7.48. The lowest BCUT2D eigenvalue weighted by Gasteiger charge is -2.31. The Morgan fingerprint density at radius 1 is 1.19 bits per heavy atom. The van der Waals surface area contributed by atoms with E-state index in [0.29, 0.717) is 38.6 Å². The molecule has 2 N–H and O–H groups in total. The fourth-order valence-electron chi connectivity index (χ4n) is 3.94. The molecule has 150 valence electrons. The van der Waals surface area contributed by atoms with Crippen molar-refractivity contribution in [2.75, 3.05) is 39.3 Å². The Bertz CT molecular complexity index is 742. The van der Waals surface area contributed by atoms with E-state index in [2.05, 4.69) is 5.32 Å². The molecule has 0 aromatic heterocycles. The van der Waals surface area contributed by atoms with Crippen molar-refractivity contribution < 1.29 is 22.5 Å². The summed E-state index contributed by atoms with van der Waals surface area (Å²) in [5.74, 6) is 0.0814. The molecule has 0 bridgehead atoms. The fraction of sp³-hybridized carbons (Fsp3) is 0.632. The molecule has 27 heavy (non-hydrogen) atoms. The first-order chi connectivity index (χ1) is 12.9. The number of halogens is 1. The minimum absolute atomic E-state index is 0.0174. The zero-order chi connectivity index (χ0) is 19.3. The van der Waals surface area contributed by atoms with Gasteiger partial charge in [-0.1, -0.05) is 25.3 Å². The Hall–Kier alpha value is -1.51. The molecule has 3 rings (SSSR count). The molecular formula is C19H29FN3O3S+. The van der Waals surface area contributed by atoms with Gasteiger partial charge in [-0.25, -0.2) is 12.8 Å². The number of nitrogens with one attached hydrogen (secondary N) is 2. The highest BCUT2D eigenvalue weighted by Crippen LogP contribution is 2.22. The molecule has 1 heterocycles. The molecule has 0 unspecified atom stereocenters. The number of nitrogens with zero attached hydrogens (tertiary/aromatic N) is 1. The van der Waals surface area contributed by atoms with E-state index in [1.165, 1.54) is 54.6 Å². The molecule has 1 aliphatic heterocycles. The quantitative estimate of drug-likeness (QED) is 0.729. The molecule has 1 aliphatic carbocycles. The van der Waals surface area contributed by atoms with Crippen LogP contribution in [-0.2, 0) is 14.8 Å². The number of piperazine rings is 1. The van der Waals surface area contributed by atoms with Crippen LogP contribution in [-0.4, -0.2) is 57.9 Å². The van der Waals surface area contributed by atoms with Crippen molar-refractivity contribution >= 4 is 15.9 Å². The molecule has 1 aromatic rings. The smallest absolute Gasteiger partial charge is 0.275 e. The van der Waals surface area contributed by atoms with E-state index in [1.807, 2.05) is 0 Å². The molecule has 2 aliphatic rings. The van der Waals surface area contributed by atoms with Gasteiger partial charge in [-0.15, -0.1) is 0 Å². The summed E-state index contributed by atoms with van der Waals surface area (Å²) in [5.41, 5.74) is 0. The normalized spacial score (nSPS) is 20.5. The summed E-state index contributed by atoms with van der Waals surface area (Å²) in [7, 11) is -3.68. The van der Waals surface area contributed by atoms with Crippen molar-refractivity contribution in [2.24, 2.45) is 5.92 Å². The molecule has 1 saturated carbocycles. The maximum Gasteiger partial charge on any atom is 0.275 e. The van der Waals surface area contributed by atoms with Gasteiger partial charge in [0.1, 0.15) is 5.82 Å². The minimum Gasteiger partial charge on any atom is -0.351 e. The lowest BCUT2D eigenvalue weighted by Crippen LogP contribution is -3.15. The largest absolute Gasteiger partial charge is 0.351 e. The highest BCUT2D eigenvalue weighted by atomic mass is 32.2. The molecule has 0 spiro atoms. The molecule has 0 atom stereocenters. The third kappa shape index (κ3) is 5.49. The van der Waals surface area contributed by atoms with Crippen LogP contribution in [0.4, 0.5) is 4.39 Å². The van der Waals surface area contributed by atoms with Crippen LogP contribution in [0.2, 0.25) is 0 Å². The molecular weight excluding hydrogens is 369 g/mol. The first-order valence-electron chi connectivity index (χ1n) is 9.81. The summed E-state index contributed by atoms with van der Waals surface area (Å²) < 4.78 is 40.0. The van der Waals surface area contributed by atoms with Gasteiger partial charge in [-0.2, -0.15) is 4.31 Å². The molecule has 0 radical (unpaired) electrons. The number of hydrogen-bond acceptors (Lipinski definition) is 3. The maximum atomic E-state index is 13.3. The second kappa shape index (κ2) is 9.12. The fourth-order valence-corrected chi connectivity index (χ4v) is 5.41. The van der Waals surface area contributed by atoms with Crippen LogP contribution in [0.5, 0.6) is 0 Å². The summed E-state index contributed by atoms with van der Waals surface area (Å²) in [6.07, 6.45) is 6.21. The van der Waals surface area contributed by atoms with Crippen molar-refractivity contribution in [1.82, 2.24) is 9.62 Å². The Kier molecular flexibility index (Phi) is 6.83. The Morgan fingerprint density at radius 3 is 2.56 bits per heavy atom. The highest BCUT2D eigenvalue weighted by Gasteiger charge is 2.31. The van der Waals surface area contributed by atoms with Crippen molar-refractivity contribution in [3.05, 3.63) is 30.1 Å². The zero-order valence-corrected chi connectivity index (χ0v) is 16.4. The van der Waals surface area contributed by atoms with Gasteiger partial charge in [0, 0.05) is 6.54 Å². The lowest BCUT2D eigenvalue weighted by molar-refractivity contribution is -0.895. The van der Waals surface area contributed by atoms with Gasteiger partial charge in [0.25, 0.3) is 5.91 Å². The summed E-state index contributed by atoms with van der Waals surface area (Å²) in [5, 5.41) is 3.04. The SMILES string of the molecule is O=C(C[NH+]1CCN(S(=O)(=O)c2cccc(F)c2)CC1)NCC1CCCCC1. The molecule has 1 aromatic carbocycles. The van der Waals surface area contributed by atoms with Gasteiger partial charge < -0.3 is 10.2 Å². The van der Waals surface area contributed by atoms with Gasteiger partial charge in [0.2, 0.25) is 10.0 Å². The first-order valence-corrected chi connectivity index (χ1v) is 11.2. The summed E-state index contributed by atoms with van der Waals surface area (Å²) >= 11 is 0. The number of rotatable bonds is 6. The molecule has 8 heteroatoms. The van der Waals surface area contributed by atoms with E-state index < -0.39 is 15.8 Å². The number of sulfonamides is 1. The Balaban J connectivity index is 1.45. The number of hydrogen-bond donors (Lipinski definition) is 2. The van der Waals surface area contributed by atoms with E-state index in [1.54, 1.807) is 0 Å². The summed E-state index contributed by atoms with van der Waals surface area (Å²) in [6, 6.07) is 5.09. The van der Waals surface area contributed by atoms with Crippen molar-refractivity contribution in [1.29, 1.82) is 0 Å². The number of quaternary nitrogens is 1. The van der Waals surface area contributed by atoms with Crippen LogP contribution < -0.4 is 10.2 Å². The van der Waals surface area contributed by atoms with Crippen LogP contribution in [0.25, 0.3) is 0 Å². The average Bonchev–Trinajstić information content (AvgIpc) is 2.68. The van der Waals surface area contributed by atoms with Gasteiger partial charge in [0.15, 0.2) is 6.54 Å². The standard InChI is InChI=1S/C19H28FN3O3S/c20-17-7-4-8-18(13-17)27(25,26)23-11-9-22(10-12-23)15-19(24)21-14-16-5-2-1-3-6-16/h4,7-8,13,16H,1-3,5-6,9-12,14-15H2,(H,21,24)/p+1. The molecule has 1 saturated heterocycles. The third-order valence-electron chi connectivity index (χ3n) is 5.59. The van der Waals surface area contributed by atoms with Crippen molar-refractivity contribution in [3.8, 4) is 0 Å². The van der Waals surface area contributed by atoms with Gasteiger partial charge in [-0.3, -0.25) is 4.79 Å². The molecule has 6 nitrogen and oxygen atoms in total. The first kappa shape index (κ1) is 20.2. The topological polar surface area (TPSA) is 70.9 Å². The Labute approximate surface area is 160 Å². The monoisotopic (exact) mass is 398 g/mol. The van der Waals surface area contributed by atoms with E-state index >= 15 is 0 Å². The lowest BCUT2D eigenvalue weighted by atomic mass is 9.89. The van der Waals surface area contributed by atoms with Gasteiger partial charge >= 0.3 is 0 Å². The van der Waals surface area contributed by atoms with Crippen molar-refractivity contribution in [2.45, 2.75) is 37.0 Å². The maximum absolute atomic E-state index is 13.3. The summed E-state index contributed by atoms with van der Waals surface area (Å²) in [4.78, 5) is 13.3. The van der Waals surface area contributed by atoms with E-state index in [4.69, 9.17) is 0 Å². The minimum atomic E-state index is -3.68. The van der Waals surface area contributed by atoms with E-state index in [0.717, 1.165) is 17.5 Å². The van der Waals surface area contributed by atoms with Crippen LogP contribution in [0.3, 0.4) is 0 Å². The predicted octanol–water partition coefficient (Wildman–Crippen LogP) is 0.411. The number of carbonyl (C=O) groups excluding carboxylic acids is 1. The van der Waals surface area contributed by atoms with Crippen LogP contribution >= 0.6 is 0 Å². The number of amides is 1. The van der Waals surface area contributed by atoms with Crippen LogP contribution in [0.1, 0.15) is 32.1 Å². The second-order valence-electron chi connectivity index (χ2n) is 7.60. The van der Waals surface area contributed by atoms with Crippen LogP contribution in [0.15, 0.2) is 29.2 Å². The van der Waals surface area contributed by atoms with E-state index in [-0.39, 0.29) is 10.8 Å². The number of benzene rings is 1. The van der Waals surface area contributed by atoms with Gasteiger partial charge in [0.05, 0.1) is 31.1 Å². The molecule has 2 fully saturated rings. The van der Waals surface area contributed by atoms with Crippen LogP contribution in [0, 0.1) is 11.7 Å². The average molecular weight is 399 g/mol. The second-order valence-corrected chi connectivity index (χ2v) is 9.53. The number of carbonyl (C=O) groups is 1. The van der Waals surface area contributed by atoms with E-state index in [9.17, 15) is 17.6 Å². The Morgan fingerprint density at radius 2 is 1.89 bits per heavy atom. The molecule has 1 amide bonds. The summed E-state index contributed by atoms with van der Waals surface area (Å²) in [6.45, 7) is 2.96. The predicted molar refractivity (Wildman–Crippen MR) is 100 cm³/mol.